The van der Waals surface area contributed by atoms with Gasteiger partial charge in [-0.1, -0.05) is 30.3 Å². The van der Waals surface area contributed by atoms with Gasteiger partial charge in [0.15, 0.2) is 0 Å². The quantitative estimate of drug-likeness (QED) is 0.793. The van der Waals surface area contributed by atoms with Gasteiger partial charge < -0.3 is 4.90 Å². The summed E-state index contributed by atoms with van der Waals surface area (Å²) in [6.45, 7) is 4.35. The number of nitrogens with zero attached hydrogens (tertiary/aromatic N) is 1. The van der Waals surface area contributed by atoms with Crippen molar-refractivity contribution in [2.75, 3.05) is 11.4 Å². The third-order valence-electron chi connectivity index (χ3n) is 4.90. The first-order valence-electron chi connectivity index (χ1n) is 9.34. The minimum absolute atomic E-state index is 0.0951. The van der Waals surface area contributed by atoms with Gasteiger partial charge in [-0.05, 0) is 62.4 Å². The molecule has 1 aliphatic rings. The number of aryl methyl sites for hydroxylation is 2. The maximum Gasteiger partial charge on any atom is 0.241 e. The number of carbonyl (C=O) groups excluding carboxylic acids is 1. The van der Waals surface area contributed by atoms with Gasteiger partial charge in [0.25, 0.3) is 0 Å². The third-order valence-corrected chi connectivity index (χ3v) is 6.65. The van der Waals surface area contributed by atoms with Crippen molar-refractivity contribution in [3.8, 4) is 0 Å². The highest BCUT2D eigenvalue weighted by atomic mass is 32.2. The zero-order valence-corrected chi connectivity index (χ0v) is 16.6. The minimum atomic E-state index is -3.60. The van der Waals surface area contributed by atoms with Crippen molar-refractivity contribution < 1.29 is 13.2 Å². The highest BCUT2D eigenvalue weighted by Gasteiger charge is 2.24. The molecule has 27 heavy (non-hydrogen) atoms. The van der Waals surface area contributed by atoms with Crippen LogP contribution in [0.25, 0.3) is 0 Å². The largest absolute Gasteiger partial charge is 0.312 e. The SMILES string of the molecule is Cc1cc(N2CCCC2=O)ccc1S(=O)(=O)NC(C)CCc1ccccc1. The predicted octanol–water partition coefficient (Wildman–Crippen LogP) is 3.42. The lowest BCUT2D eigenvalue weighted by Gasteiger charge is -2.19. The molecule has 1 atom stereocenters. The van der Waals surface area contributed by atoms with Crippen LogP contribution in [0.1, 0.15) is 37.3 Å². The molecule has 1 amide bonds. The molecule has 0 saturated carbocycles. The standard InChI is InChI=1S/C21H26N2O3S/c1-16-15-19(23-14-6-9-21(23)24)12-13-20(16)27(25,26)22-17(2)10-11-18-7-4-3-5-8-18/h3-5,7-8,12-13,15,17,22H,6,9-11,14H2,1-2H3. The Balaban J connectivity index is 1.67. The molecule has 1 N–H and O–H groups in total. The van der Waals surface area contributed by atoms with Crippen LogP contribution >= 0.6 is 0 Å². The van der Waals surface area contributed by atoms with Crippen molar-refractivity contribution in [1.29, 1.82) is 0 Å². The molecule has 6 heteroatoms. The third kappa shape index (κ3) is 4.76. The van der Waals surface area contributed by atoms with E-state index >= 15 is 0 Å². The van der Waals surface area contributed by atoms with Gasteiger partial charge in [0.2, 0.25) is 15.9 Å². The molecular formula is C21H26N2O3S. The summed E-state index contributed by atoms with van der Waals surface area (Å²) in [5.41, 5.74) is 2.61. The van der Waals surface area contributed by atoms with Crippen LogP contribution in [0.2, 0.25) is 0 Å². The molecule has 0 radical (unpaired) electrons. The molecule has 3 rings (SSSR count). The summed E-state index contributed by atoms with van der Waals surface area (Å²) in [7, 11) is -3.60. The van der Waals surface area contributed by atoms with Gasteiger partial charge in [0.1, 0.15) is 0 Å². The Hall–Kier alpha value is -2.18. The molecule has 0 aliphatic carbocycles. The number of nitrogens with one attached hydrogen (secondary N) is 1. The van der Waals surface area contributed by atoms with Gasteiger partial charge in [0.05, 0.1) is 4.90 Å². The lowest BCUT2D eigenvalue weighted by molar-refractivity contribution is -0.117. The number of anilines is 1. The van der Waals surface area contributed by atoms with E-state index in [-0.39, 0.29) is 16.8 Å². The van der Waals surface area contributed by atoms with E-state index in [0.717, 1.165) is 24.9 Å². The lowest BCUT2D eigenvalue weighted by Crippen LogP contribution is -2.33. The Kier molecular flexibility index (Phi) is 5.97. The maximum absolute atomic E-state index is 12.8. The molecule has 5 nitrogen and oxygen atoms in total. The molecule has 1 saturated heterocycles. The Morgan fingerprint density at radius 2 is 1.89 bits per heavy atom. The summed E-state index contributed by atoms with van der Waals surface area (Å²) >= 11 is 0. The summed E-state index contributed by atoms with van der Waals surface area (Å²) in [5, 5.41) is 0. The number of rotatable bonds is 7. The first-order valence-corrected chi connectivity index (χ1v) is 10.8. The Morgan fingerprint density at radius 1 is 1.15 bits per heavy atom. The van der Waals surface area contributed by atoms with Gasteiger partial charge in [-0.25, -0.2) is 13.1 Å². The van der Waals surface area contributed by atoms with Gasteiger partial charge in [-0.15, -0.1) is 0 Å². The van der Waals surface area contributed by atoms with Crippen LogP contribution in [-0.4, -0.2) is 26.9 Å². The van der Waals surface area contributed by atoms with Crippen molar-refractivity contribution in [1.82, 2.24) is 4.72 Å². The van der Waals surface area contributed by atoms with Crippen LogP contribution in [0.4, 0.5) is 5.69 Å². The van der Waals surface area contributed by atoms with Crippen molar-refractivity contribution in [3.63, 3.8) is 0 Å². The zero-order chi connectivity index (χ0) is 19.4. The van der Waals surface area contributed by atoms with E-state index in [1.165, 1.54) is 5.56 Å². The van der Waals surface area contributed by atoms with E-state index in [1.54, 1.807) is 30.0 Å². The zero-order valence-electron chi connectivity index (χ0n) is 15.8. The number of amides is 1. The molecule has 144 valence electrons. The summed E-state index contributed by atoms with van der Waals surface area (Å²) in [6, 6.07) is 15.0. The number of carbonyl (C=O) groups is 1. The van der Waals surface area contributed by atoms with E-state index in [4.69, 9.17) is 0 Å². The topological polar surface area (TPSA) is 66.5 Å². The molecule has 2 aromatic carbocycles. The number of sulfonamides is 1. The molecule has 0 spiro atoms. The molecule has 1 heterocycles. The van der Waals surface area contributed by atoms with E-state index < -0.39 is 10.0 Å². The fourth-order valence-electron chi connectivity index (χ4n) is 3.44. The predicted molar refractivity (Wildman–Crippen MR) is 107 cm³/mol. The summed E-state index contributed by atoms with van der Waals surface area (Å²) in [4.78, 5) is 13.9. The van der Waals surface area contributed by atoms with Crippen LogP contribution in [0.3, 0.4) is 0 Å². The van der Waals surface area contributed by atoms with E-state index in [0.29, 0.717) is 18.5 Å². The number of benzene rings is 2. The molecule has 2 aromatic rings. The van der Waals surface area contributed by atoms with Gasteiger partial charge in [-0.3, -0.25) is 4.79 Å². The smallest absolute Gasteiger partial charge is 0.241 e. The Morgan fingerprint density at radius 3 is 2.52 bits per heavy atom. The second-order valence-corrected chi connectivity index (χ2v) is 8.83. The molecular weight excluding hydrogens is 360 g/mol. The summed E-state index contributed by atoms with van der Waals surface area (Å²) < 4.78 is 28.3. The second-order valence-electron chi connectivity index (χ2n) is 7.15. The van der Waals surface area contributed by atoms with Gasteiger partial charge in [-0.2, -0.15) is 0 Å². The summed E-state index contributed by atoms with van der Waals surface area (Å²) in [5.74, 6) is 0.0951. The van der Waals surface area contributed by atoms with Gasteiger partial charge in [0, 0.05) is 24.7 Å². The van der Waals surface area contributed by atoms with E-state index in [1.807, 2.05) is 37.3 Å². The lowest BCUT2D eigenvalue weighted by atomic mass is 10.1. The minimum Gasteiger partial charge on any atom is -0.312 e. The summed E-state index contributed by atoms with van der Waals surface area (Å²) in [6.07, 6.45) is 2.94. The average molecular weight is 387 g/mol. The van der Waals surface area contributed by atoms with E-state index in [2.05, 4.69) is 4.72 Å². The average Bonchev–Trinajstić information content (AvgIpc) is 3.06. The van der Waals surface area contributed by atoms with Crippen LogP contribution in [-0.2, 0) is 21.2 Å². The maximum atomic E-state index is 12.8. The normalized spacial score (nSPS) is 15.9. The highest BCUT2D eigenvalue weighted by molar-refractivity contribution is 7.89. The van der Waals surface area contributed by atoms with Crippen LogP contribution in [0, 0.1) is 6.92 Å². The van der Waals surface area contributed by atoms with Crippen LogP contribution in [0.15, 0.2) is 53.4 Å². The fourth-order valence-corrected chi connectivity index (χ4v) is 4.94. The Bertz CT molecular complexity index is 910. The molecule has 0 bridgehead atoms. The number of hydrogen-bond donors (Lipinski definition) is 1. The number of hydrogen-bond acceptors (Lipinski definition) is 3. The molecule has 1 fully saturated rings. The van der Waals surface area contributed by atoms with E-state index in [9.17, 15) is 13.2 Å². The van der Waals surface area contributed by atoms with Crippen molar-refractivity contribution in [3.05, 3.63) is 59.7 Å². The first-order chi connectivity index (χ1) is 12.9. The Labute approximate surface area is 161 Å². The fraction of sp³-hybridized carbons (Fsp3) is 0.381. The highest BCUT2D eigenvalue weighted by Crippen LogP contribution is 2.26. The van der Waals surface area contributed by atoms with Crippen LogP contribution < -0.4 is 9.62 Å². The first kappa shape index (κ1) is 19.6. The monoisotopic (exact) mass is 386 g/mol. The van der Waals surface area contributed by atoms with Crippen molar-refractivity contribution >= 4 is 21.6 Å². The van der Waals surface area contributed by atoms with Crippen molar-refractivity contribution in [2.45, 2.75) is 50.5 Å². The second kappa shape index (κ2) is 8.23. The van der Waals surface area contributed by atoms with Gasteiger partial charge >= 0.3 is 0 Å². The van der Waals surface area contributed by atoms with Crippen LogP contribution in [0.5, 0.6) is 0 Å². The van der Waals surface area contributed by atoms with Crippen molar-refractivity contribution in [2.24, 2.45) is 0 Å². The molecule has 0 aromatic heterocycles. The molecule has 1 aliphatic heterocycles. The molecule has 1 unspecified atom stereocenters.